The Morgan fingerprint density at radius 3 is 2.36 bits per heavy atom. The largest absolute Gasteiger partial charge is 0.392 e. The van der Waals surface area contributed by atoms with E-state index in [-0.39, 0.29) is 10.3 Å². The van der Waals surface area contributed by atoms with E-state index in [1.54, 1.807) is 24.3 Å². The lowest BCUT2D eigenvalue weighted by Gasteiger charge is -2.62. The molecule has 4 aliphatic rings. The van der Waals surface area contributed by atoms with Crippen LogP contribution in [-0.2, 0) is 14.3 Å². The Morgan fingerprint density at radius 1 is 0.949 bits per heavy atom. The predicted octanol–water partition coefficient (Wildman–Crippen LogP) is 8.16. The zero-order valence-corrected chi connectivity index (χ0v) is 26.2. The Morgan fingerprint density at radius 2 is 1.67 bits per heavy atom. The van der Waals surface area contributed by atoms with Crippen molar-refractivity contribution in [3.8, 4) is 0 Å². The first kappa shape index (κ1) is 29.6. The van der Waals surface area contributed by atoms with Gasteiger partial charge < -0.3 is 5.11 Å². The zero-order valence-electron chi connectivity index (χ0n) is 25.4. The Balaban J connectivity index is 1.27. The molecule has 0 spiro atoms. The molecule has 10 atom stereocenters. The highest BCUT2D eigenvalue weighted by Gasteiger charge is 2.62. The van der Waals surface area contributed by atoms with Crippen LogP contribution in [0.25, 0.3) is 0 Å². The maximum Gasteiger partial charge on any atom is 0.297 e. The Bertz CT molecular complexity index is 1100. The minimum atomic E-state index is -3.84. The first-order valence-corrected chi connectivity index (χ1v) is 17.4. The Labute approximate surface area is 238 Å². The Kier molecular flexibility index (Phi) is 8.39. The van der Waals surface area contributed by atoms with Crippen LogP contribution in [0.2, 0.25) is 0 Å². The summed E-state index contributed by atoms with van der Waals surface area (Å²) in [6.45, 7) is 14.1. The topological polar surface area (TPSA) is 63.6 Å². The minimum absolute atomic E-state index is 0.140. The van der Waals surface area contributed by atoms with E-state index in [0.717, 1.165) is 42.1 Å². The molecule has 0 saturated heterocycles. The van der Waals surface area contributed by atoms with E-state index in [1.165, 1.54) is 51.4 Å². The summed E-state index contributed by atoms with van der Waals surface area (Å²) < 4.78 is 31.8. The second kappa shape index (κ2) is 11.1. The molecule has 0 radical (unpaired) electrons. The fourth-order valence-electron chi connectivity index (χ4n) is 10.3. The molecule has 4 aliphatic carbocycles. The smallest absolute Gasteiger partial charge is 0.297 e. The van der Waals surface area contributed by atoms with Crippen molar-refractivity contribution in [2.24, 2.45) is 52.3 Å². The molecule has 0 unspecified atom stereocenters. The molecule has 5 rings (SSSR count). The molecule has 0 amide bonds. The van der Waals surface area contributed by atoms with Crippen LogP contribution in [0.3, 0.4) is 0 Å². The van der Waals surface area contributed by atoms with Crippen LogP contribution in [0.1, 0.15) is 111 Å². The zero-order chi connectivity index (χ0) is 28.2. The number of benzene rings is 1. The summed E-state index contributed by atoms with van der Waals surface area (Å²) in [7, 11) is -3.84. The lowest BCUT2D eigenvalue weighted by molar-refractivity contribution is -0.179. The summed E-state index contributed by atoms with van der Waals surface area (Å²) in [5.74, 6) is 4.75. The molecule has 0 bridgehead atoms. The predicted molar refractivity (Wildman–Crippen MR) is 158 cm³/mol. The molecule has 5 heteroatoms. The number of aliphatic hydroxyl groups excluding tert-OH is 1. The van der Waals surface area contributed by atoms with Gasteiger partial charge in [-0.15, -0.1) is 0 Å². The quantitative estimate of drug-likeness (QED) is 0.327. The maximum atomic E-state index is 13.0. The van der Waals surface area contributed by atoms with Crippen LogP contribution < -0.4 is 0 Å². The van der Waals surface area contributed by atoms with Crippen LogP contribution in [0.4, 0.5) is 0 Å². The van der Waals surface area contributed by atoms with Gasteiger partial charge in [-0.05, 0) is 116 Å². The molecule has 0 aromatic heterocycles. The molecular formula is C34H54O4S. The molecular weight excluding hydrogens is 504 g/mol. The summed E-state index contributed by atoms with van der Waals surface area (Å²) in [6, 6.07) is 6.86. The SMILES string of the molecule is Cc1ccc(S(=O)(=O)O[C@H]2C[C@@H]3CC[C@H]4[C@@H]5CC[C@H]([C@H](C)CCCC(C)C)[C@@]5(C)CC[C@@H]4[C@@]3(C)[C@@H](O)C2)cc1. The van der Waals surface area contributed by atoms with Crippen LogP contribution in [0.15, 0.2) is 29.2 Å². The van der Waals surface area contributed by atoms with Gasteiger partial charge in [-0.1, -0.05) is 71.6 Å². The van der Waals surface area contributed by atoms with Gasteiger partial charge in [0.05, 0.1) is 17.1 Å². The summed E-state index contributed by atoms with van der Waals surface area (Å²) in [5.41, 5.74) is 1.32. The van der Waals surface area contributed by atoms with Crippen LogP contribution >= 0.6 is 0 Å². The fourth-order valence-corrected chi connectivity index (χ4v) is 11.4. The number of hydrogen-bond donors (Lipinski definition) is 1. The standard InChI is InChI=1S/C34H54O4S/c1-22(2)8-7-9-24(4)29-16-17-30-28-15-12-25-20-26(38-39(36,37)27-13-10-23(3)11-14-27)21-32(35)34(25,6)31(28)18-19-33(29,30)5/h10-11,13-14,22,24-26,28-32,35H,7-9,12,15-21H2,1-6H3/t24-,25+,26+,28+,29-,30+,31+,32+,33-,34+/m1/s1. The molecule has 220 valence electrons. The van der Waals surface area contributed by atoms with Gasteiger partial charge >= 0.3 is 0 Å². The second-order valence-corrected chi connectivity index (χ2v) is 16.6. The summed E-state index contributed by atoms with van der Waals surface area (Å²) in [5, 5.41) is 11.7. The van der Waals surface area contributed by atoms with E-state index in [4.69, 9.17) is 4.18 Å². The maximum absolute atomic E-state index is 13.0. The van der Waals surface area contributed by atoms with E-state index < -0.39 is 22.3 Å². The number of aliphatic hydroxyl groups is 1. The van der Waals surface area contributed by atoms with Gasteiger partial charge in [0.25, 0.3) is 10.1 Å². The van der Waals surface area contributed by atoms with Gasteiger partial charge in [-0.25, -0.2) is 0 Å². The fraction of sp³-hybridized carbons (Fsp3) is 0.824. The average Bonchev–Trinajstić information content (AvgIpc) is 3.22. The van der Waals surface area contributed by atoms with Crippen LogP contribution in [0.5, 0.6) is 0 Å². The van der Waals surface area contributed by atoms with Crippen LogP contribution in [0, 0.1) is 59.2 Å². The lowest BCUT2D eigenvalue weighted by atomic mass is 9.43. The van der Waals surface area contributed by atoms with E-state index in [9.17, 15) is 13.5 Å². The summed E-state index contributed by atoms with van der Waals surface area (Å²) >= 11 is 0. The first-order valence-electron chi connectivity index (χ1n) is 16.0. The third-order valence-corrected chi connectivity index (χ3v) is 13.9. The highest BCUT2D eigenvalue weighted by Crippen LogP contribution is 2.68. The normalized spacial score (nSPS) is 41.1. The van der Waals surface area contributed by atoms with Gasteiger partial charge in [-0.2, -0.15) is 8.42 Å². The molecule has 1 aromatic rings. The van der Waals surface area contributed by atoms with Crippen molar-refractivity contribution in [3.63, 3.8) is 0 Å². The highest BCUT2D eigenvalue weighted by atomic mass is 32.2. The summed E-state index contributed by atoms with van der Waals surface area (Å²) in [6.07, 6.45) is 11.8. The molecule has 39 heavy (non-hydrogen) atoms. The molecule has 4 saturated carbocycles. The molecule has 4 fully saturated rings. The van der Waals surface area contributed by atoms with Crippen molar-refractivity contribution in [2.45, 2.75) is 129 Å². The van der Waals surface area contributed by atoms with E-state index in [1.807, 2.05) is 6.92 Å². The molecule has 0 heterocycles. The van der Waals surface area contributed by atoms with Crippen molar-refractivity contribution in [1.82, 2.24) is 0 Å². The van der Waals surface area contributed by atoms with Crippen molar-refractivity contribution in [1.29, 1.82) is 0 Å². The minimum Gasteiger partial charge on any atom is -0.392 e. The number of fused-ring (bicyclic) bond motifs is 5. The molecule has 1 aromatic carbocycles. The Hall–Kier alpha value is -0.910. The monoisotopic (exact) mass is 558 g/mol. The average molecular weight is 559 g/mol. The van der Waals surface area contributed by atoms with E-state index in [0.29, 0.717) is 29.6 Å². The first-order chi connectivity index (χ1) is 18.4. The van der Waals surface area contributed by atoms with Crippen LogP contribution in [-0.4, -0.2) is 25.7 Å². The molecule has 1 N–H and O–H groups in total. The molecule has 4 nitrogen and oxygen atoms in total. The van der Waals surface area contributed by atoms with Gasteiger partial charge in [0, 0.05) is 6.42 Å². The van der Waals surface area contributed by atoms with E-state index in [2.05, 4.69) is 34.6 Å². The number of rotatable bonds is 8. The number of hydrogen-bond acceptors (Lipinski definition) is 4. The van der Waals surface area contributed by atoms with Crippen molar-refractivity contribution in [2.75, 3.05) is 0 Å². The van der Waals surface area contributed by atoms with Gasteiger partial charge in [0.2, 0.25) is 0 Å². The summed E-state index contributed by atoms with van der Waals surface area (Å²) in [4.78, 5) is 0.209. The van der Waals surface area contributed by atoms with Crippen molar-refractivity contribution < 1.29 is 17.7 Å². The van der Waals surface area contributed by atoms with Gasteiger partial charge in [0.1, 0.15) is 0 Å². The highest BCUT2D eigenvalue weighted by molar-refractivity contribution is 7.86. The van der Waals surface area contributed by atoms with Gasteiger partial charge in [0.15, 0.2) is 0 Å². The number of aryl methyl sites for hydroxylation is 1. The second-order valence-electron chi connectivity index (χ2n) is 15.0. The van der Waals surface area contributed by atoms with Gasteiger partial charge in [-0.3, -0.25) is 4.18 Å². The molecule has 0 aliphatic heterocycles. The van der Waals surface area contributed by atoms with Crippen molar-refractivity contribution in [3.05, 3.63) is 29.8 Å². The van der Waals surface area contributed by atoms with Crippen molar-refractivity contribution >= 4 is 10.1 Å². The third kappa shape index (κ3) is 5.39. The third-order valence-electron chi connectivity index (χ3n) is 12.5. The van der Waals surface area contributed by atoms with E-state index >= 15 is 0 Å². The lowest BCUT2D eigenvalue weighted by Crippen LogP contribution is -2.59.